The molecule has 0 atom stereocenters. The van der Waals surface area contributed by atoms with E-state index in [1.165, 1.54) is 13.1 Å². The normalized spacial score (nSPS) is 14.3. The number of hydrogen-bond donors (Lipinski definition) is 4. The lowest BCUT2D eigenvalue weighted by Crippen LogP contribution is -2.30. The summed E-state index contributed by atoms with van der Waals surface area (Å²) in [5.74, 6) is 0.169. The molecule has 11 heteroatoms. The molecule has 1 fully saturated rings. The van der Waals surface area contributed by atoms with Gasteiger partial charge in [0.25, 0.3) is 0 Å². The van der Waals surface area contributed by atoms with Crippen molar-refractivity contribution in [3.63, 3.8) is 0 Å². The van der Waals surface area contributed by atoms with Crippen molar-refractivity contribution in [1.82, 2.24) is 20.1 Å². The van der Waals surface area contributed by atoms with Crippen LogP contribution in [0.1, 0.15) is 11.4 Å². The van der Waals surface area contributed by atoms with E-state index in [0.29, 0.717) is 11.4 Å². The molecule has 27 heavy (non-hydrogen) atoms. The number of anilines is 3. The third kappa shape index (κ3) is 6.08. The predicted octanol–water partition coefficient (Wildman–Crippen LogP) is 1.72. The second-order valence-corrected chi connectivity index (χ2v) is 5.72. The summed E-state index contributed by atoms with van der Waals surface area (Å²) in [4.78, 5) is 0. The smallest absolute Gasteiger partial charge is 0.390 e. The van der Waals surface area contributed by atoms with E-state index in [-0.39, 0.29) is 18.1 Å². The minimum absolute atomic E-state index is 0.140. The number of alkyl halides is 3. The molecule has 150 valence electrons. The Kier molecular flexibility index (Phi) is 7.39. The second kappa shape index (κ2) is 9.53. The standard InChI is InChI=1S/C12H14F3N5O.C4H9NO/c1-16-9-4-10(18-19-11(9)12(13,14)15)17-7-3-8(6-21)20(2)5-7;1-3-6-4-2-5-1/h3-5,21H,6H2,1-2H3,(H2,16,17,18);5H,1-4H2. The number of aryl methyl sites for hydroxylation is 1. The Morgan fingerprint density at radius 2 is 1.96 bits per heavy atom. The first kappa shape index (κ1) is 20.9. The largest absolute Gasteiger partial charge is 0.437 e. The predicted molar refractivity (Wildman–Crippen MR) is 94.9 cm³/mol. The number of morpholine rings is 1. The highest BCUT2D eigenvalue weighted by Gasteiger charge is 2.36. The van der Waals surface area contributed by atoms with Crippen LogP contribution >= 0.6 is 0 Å². The van der Waals surface area contributed by atoms with E-state index in [9.17, 15) is 13.2 Å². The van der Waals surface area contributed by atoms with Crippen LogP contribution in [0.25, 0.3) is 0 Å². The van der Waals surface area contributed by atoms with E-state index >= 15 is 0 Å². The van der Waals surface area contributed by atoms with E-state index in [0.717, 1.165) is 26.3 Å². The summed E-state index contributed by atoms with van der Waals surface area (Å²) in [5, 5.41) is 24.3. The van der Waals surface area contributed by atoms with Crippen LogP contribution in [0, 0.1) is 0 Å². The zero-order valence-corrected chi connectivity index (χ0v) is 15.1. The van der Waals surface area contributed by atoms with Gasteiger partial charge in [-0.25, -0.2) is 0 Å². The van der Waals surface area contributed by atoms with Gasteiger partial charge in [0.05, 0.1) is 31.2 Å². The van der Waals surface area contributed by atoms with Gasteiger partial charge in [0, 0.05) is 45.1 Å². The van der Waals surface area contributed by atoms with Crippen LogP contribution < -0.4 is 16.0 Å². The summed E-state index contributed by atoms with van der Waals surface area (Å²) in [7, 11) is 3.12. The maximum atomic E-state index is 12.7. The molecule has 8 nitrogen and oxygen atoms in total. The first-order chi connectivity index (χ1) is 12.8. The highest BCUT2D eigenvalue weighted by molar-refractivity contribution is 5.62. The molecular weight excluding hydrogens is 365 g/mol. The molecule has 3 rings (SSSR count). The fourth-order valence-corrected chi connectivity index (χ4v) is 2.35. The number of aromatic nitrogens is 3. The fraction of sp³-hybridized carbons (Fsp3) is 0.500. The summed E-state index contributed by atoms with van der Waals surface area (Å²) in [5.41, 5.74) is 0.0156. The van der Waals surface area contributed by atoms with E-state index in [1.807, 2.05) is 0 Å². The third-order valence-corrected chi connectivity index (χ3v) is 3.72. The van der Waals surface area contributed by atoms with Crippen LogP contribution in [0.4, 0.5) is 30.4 Å². The van der Waals surface area contributed by atoms with Crippen molar-refractivity contribution in [2.75, 3.05) is 44.0 Å². The van der Waals surface area contributed by atoms with Gasteiger partial charge < -0.3 is 30.4 Å². The molecule has 0 spiro atoms. The van der Waals surface area contributed by atoms with Crippen LogP contribution in [0.15, 0.2) is 18.3 Å². The monoisotopic (exact) mass is 388 g/mol. The maximum absolute atomic E-state index is 12.7. The third-order valence-electron chi connectivity index (χ3n) is 3.72. The van der Waals surface area contributed by atoms with Crippen molar-refractivity contribution in [2.24, 2.45) is 7.05 Å². The number of aliphatic hydroxyl groups is 1. The number of hydrogen-bond acceptors (Lipinski definition) is 7. The van der Waals surface area contributed by atoms with Gasteiger partial charge >= 0.3 is 6.18 Å². The number of ether oxygens (including phenoxy) is 1. The van der Waals surface area contributed by atoms with Crippen LogP contribution in [-0.2, 0) is 24.6 Å². The van der Waals surface area contributed by atoms with Gasteiger partial charge in [-0.2, -0.15) is 13.2 Å². The van der Waals surface area contributed by atoms with E-state index < -0.39 is 11.9 Å². The highest BCUT2D eigenvalue weighted by Crippen LogP contribution is 2.33. The summed E-state index contributed by atoms with van der Waals surface area (Å²) >= 11 is 0. The molecule has 2 aromatic heterocycles. The topological polar surface area (TPSA) is 96.3 Å². The summed E-state index contributed by atoms with van der Waals surface area (Å²) in [6, 6.07) is 2.89. The Labute approximate surface area is 154 Å². The quantitative estimate of drug-likeness (QED) is 0.633. The Hall–Kier alpha value is -2.37. The van der Waals surface area contributed by atoms with Gasteiger partial charge in [-0.3, -0.25) is 0 Å². The lowest BCUT2D eigenvalue weighted by Gasteiger charge is -2.12. The fourth-order valence-electron chi connectivity index (χ4n) is 2.35. The summed E-state index contributed by atoms with van der Waals surface area (Å²) in [6.07, 6.45) is -2.88. The number of aliphatic hydroxyl groups excluding tert-OH is 1. The van der Waals surface area contributed by atoms with Crippen molar-refractivity contribution in [2.45, 2.75) is 12.8 Å². The van der Waals surface area contributed by atoms with E-state index in [2.05, 4.69) is 26.1 Å². The zero-order chi connectivity index (χ0) is 19.9. The lowest BCUT2D eigenvalue weighted by molar-refractivity contribution is -0.141. The maximum Gasteiger partial charge on any atom is 0.437 e. The Morgan fingerprint density at radius 1 is 1.26 bits per heavy atom. The van der Waals surface area contributed by atoms with Crippen molar-refractivity contribution in [3.8, 4) is 0 Å². The molecule has 1 saturated heterocycles. The van der Waals surface area contributed by atoms with E-state index in [1.54, 1.807) is 23.9 Å². The number of nitrogens with one attached hydrogen (secondary N) is 3. The van der Waals surface area contributed by atoms with Gasteiger partial charge in [0.15, 0.2) is 11.5 Å². The molecule has 1 aliphatic rings. The SMILES string of the molecule is C1COCCN1.CNc1cc(Nc2cc(CO)n(C)c2)nnc1C(F)(F)F. The summed E-state index contributed by atoms with van der Waals surface area (Å²) < 4.78 is 44.8. The zero-order valence-electron chi connectivity index (χ0n) is 15.1. The highest BCUT2D eigenvalue weighted by atomic mass is 19.4. The average molecular weight is 388 g/mol. The van der Waals surface area contributed by atoms with Crippen LogP contribution in [0.5, 0.6) is 0 Å². The van der Waals surface area contributed by atoms with Crippen molar-refractivity contribution < 1.29 is 23.0 Å². The van der Waals surface area contributed by atoms with Gasteiger partial charge in [-0.15, -0.1) is 10.2 Å². The van der Waals surface area contributed by atoms with Crippen LogP contribution in [-0.4, -0.2) is 53.2 Å². The minimum Gasteiger partial charge on any atom is -0.390 e. The first-order valence-corrected chi connectivity index (χ1v) is 8.29. The van der Waals surface area contributed by atoms with Crippen molar-refractivity contribution >= 4 is 17.2 Å². The molecule has 0 radical (unpaired) electrons. The van der Waals surface area contributed by atoms with Gasteiger partial charge in [-0.05, 0) is 6.07 Å². The molecule has 0 saturated carbocycles. The van der Waals surface area contributed by atoms with Crippen molar-refractivity contribution in [3.05, 3.63) is 29.7 Å². The average Bonchev–Trinajstić information content (AvgIpc) is 3.02. The Morgan fingerprint density at radius 3 is 2.41 bits per heavy atom. The number of halogens is 3. The molecular formula is C16H23F3N6O2. The number of rotatable bonds is 4. The lowest BCUT2D eigenvalue weighted by atomic mass is 10.3. The van der Waals surface area contributed by atoms with Crippen molar-refractivity contribution in [1.29, 1.82) is 0 Å². The molecule has 0 unspecified atom stereocenters. The van der Waals surface area contributed by atoms with Crippen LogP contribution in [0.3, 0.4) is 0 Å². The molecule has 0 aliphatic carbocycles. The molecule has 0 aromatic carbocycles. The molecule has 4 N–H and O–H groups in total. The minimum atomic E-state index is -4.57. The van der Waals surface area contributed by atoms with Gasteiger partial charge in [0.2, 0.25) is 0 Å². The molecule has 2 aromatic rings. The summed E-state index contributed by atoms with van der Waals surface area (Å²) in [6.45, 7) is 3.69. The first-order valence-electron chi connectivity index (χ1n) is 8.29. The van der Waals surface area contributed by atoms with Crippen LogP contribution in [0.2, 0.25) is 0 Å². The molecule has 0 bridgehead atoms. The Balaban J connectivity index is 0.000000369. The molecule has 1 aliphatic heterocycles. The second-order valence-electron chi connectivity index (χ2n) is 5.72. The molecule has 0 amide bonds. The van der Waals surface area contributed by atoms with Gasteiger partial charge in [-0.1, -0.05) is 0 Å². The van der Waals surface area contributed by atoms with E-state index in [4.69, 9.17) is 9.84 Å². The molecule has 3 heterocycles. The Bertz CT molecular complexity index is 720. The van der Waals surface area contributed by atoms with Gasteiger partial charge in [0.1, 0.15) is 0 Å². The number of nitrogens with zero attached hydrogens (tertiary/aromatic N) is 3.